The molecule has 0 radical (unpaired) electrons. The molecule has 0 spiro atoms. The van der Waals surface area contributed by atoms with Gasteiger partial charge in [-0.3, -0.25) is 0 Å². The van der Waals surface area contributed by atoms with Crippen molar-refractivity contribution in [3.63, 3.8) is 0 Å². The molecule has 3 aromatic heterocycles. The first-order chi connectivity index (χ1) is 18.6. The monoisotopic (exact) mass is 482 g/mol. The van der Waals surface area contributed by atoms with Crippen LogP contribution in [0.5, 0.6) is 0 Å². The summed E-state index contributed by atoms with van der Waals surface area (Å²) in [6.45, 7) is 0. The van der Waals surface area contributed by atoms with Gasteiger partial charge in [0.2, 0.25) is 0 Å². The van der Waals surface area contributed by atoms with E-state index in [9.17, 15) is 21.0 Å². The Morgan fingerprint density at radius 3 is 1.16 bits per heavy atom. The van der Waals surface area contributed by atoms with Crippen LogP contribution in [0.4, 0.5) is 0 Å². The summed E-state index contributed by atoms with van der Waals surface area (Å²) < 4.78 is 0. The molecule has 6 aromatic rings. The summed E-state index contributed by atoms with van der Waals surface area (Å²) >= 11 is 0. The third-order valence-electron chi connectivity index (χ3n) is 6.96. The van der Waals surface area contributed by atoms with Gasteiger partial charge in [0, 0.05) is 33.0 Å². The van der Waals surface area contributed by atoms with Crippen molar-refractivity contribution in [3.8, 4) is 69.3 Å². The molecule has 0 fully saturated rings. The third-order valence-corrected chi connectivity index (χ3v) is 6.96. The van der Waals surface area contributed by atoms with Crippen LogP contribution in [0.1, 0.15) is 22.5 Å². The molecule has 0 aliphatic heterocycles. The summed E-state index contributed by atoms with van der Waals surface area (Å²) in [6.07, 6.45) is 0. The van der Waals surface area contributed by atoms with Crippen LogP contribution in [-0.2, 0) is 0 Å². The lowest BCUT2D eigenvalue weighted by Gasteiger charge is -2.05. The molecule has 0 saturated heterocycles. The molecule has 3 heterocycles. The average Bonchev–Trinajstić information content (AvgIpc) is 3.44. The molecule has 10 heteroatoms. The highest BCUT2D eigenvalue weighted by atomic mass is 15.0. The van der Waals surface area contributed by atoms with E-state index in [4.69, 9.17) is 19.9 Å². The van der Waals surface area contributed by atoms with Gasteiger partial charge in [0.05, 0.1) is 44.9 Å². The van der Waals surface area contributed by atoms with Gasteiger partial charge in [-0.2, -0.15) is 21.0 Å². The van der Waals surface area contributed by atoms with E-state index in [1.165, 1.54) is 0 Å². The minimum absolute atomic E-state index is 0.0933. The highest BCUT2D eigenvalue weighted by molar-refractivity contribution is 6.25. The first-order valence-electron chi connectivity index (χ1n) is 11.3. The second-order valence-corrected chi connectivity index (χ2v) is 8.81. The number of benzene rings is 3. The van der Waals surface area contributed by atoms with Crippen LogP contribution in [0.3, 0.4) is 0 Å². The van der Waals surface area contributed by atoms with E-state index in [0.717, 1.165) is 33.0 Å². The van der Waals surface area contributed by atoms with Gasteiger partial charge in [0.25, 0.3) is 0 Å². The second kappa shape index (κ2) is 6.65. The predicted octanol–water partition coefficient (Wildman–Crippen LogP) is 4.30. The molecule has 2 aliphatic carbocycles. The Morgan fingerprint density at radius 1 is 0.447 bits per heavy atom. The fourth-order valence-corrected chi connectivity index (χ4v) is 5.37. The molecular formula is C28H6N10. The highest BCUT2D eigenvalue weighted by Crippen LogP contribution is 2.54. The largest absolute Gasteiger partial charge is 0.244 e. The summed E-state index contributed by atoms with van der Waals surface area (Å²) in [5.74, 6) is 0. The van der Waals surface area contributed by atoms with Crippen LogP contribution in [0.25, 0.3) is 78.1 Å². The van der Waals surface area contributed by atoms with Crippen LogP contribution in [0.2, 0.25) is 0 Å². The van der Waals surface area contributed by atoms with Crippen molar-refractivity contribution in [2.75, 3.05) is 0 Å². The van der Waals surface area contributed by atoms with Gasteiger partial charge in [0.1, 0.15) is 24.3 Å². The lowest BCUT2D eigenvalue weighted by Crippen LogP contribution is -2.01. The topological polar surface area (TPSA) is 172 Å². The van der Waals surface area contributed by atoms with Crippen molar-refractivity contribution in [1.29, 1.82) is 21.0 Å². The number of aromatic nitrogens is 6. The Morgan fingerprint density at radius 2 is 0.816 bits per heavy atom. The van der Waals surface area contributed by atoms with Crippen molar-refractivity contribution >= 4 is 33.1 Å². The number of nitrogens with zero attached hydrogens (tertiary/aromatic N) is 10. The average molecular weight is 482 g/mol. The molecule has 3 aromatic carbocycles. The summed E-state index contributed by atoms with van der Waals surface area (Å²) in [6, 6.07) is 18.9. The van der Waals surface area contributed by atoms with Crippen molar-refractivity contribution in [2.45, 2.75) is 0 Å². The van der Waals surface area contributed by atoms with E-state index < -0.39 is 0 Å². The Hall–Kier alpha value is -6.36. The van der Waals surface area contributed by atoms with E-state index >= 15 is 0 Å². The van der Waals surface area contributed by atoms with Crippen molar-refractivity contribution in [3.05, 3.63) is 58.9 Å². The Kier molecular flexibility index (Phi) is 3.48. The van der Waals surface area contributed by atoms with Crippen molar-refractivity contribution in [1.82, 2.24) is 29.9 Å². The second-order valence-electron chi connectivity index (χ2n) is 8.81. The maximum atomic E-state index is 9.45. The Labute approximate surface area is 212 Å². The van der Waals surface area contributed by atoms with Gasteiger partial charge in [-0.15, -0.1) is 0 Å². The third kappa shape index (κ3) is 2.26. The number of nitriles is 4. The van der Waals surface area contributed by atoms with E-state index in [-0.39, 0.29) is 33.8 Å². The fourth-order valence-electron chi connectivity index (χ4n) is 5.37. The summed E-state index contributed by atoms with van der Waals surface area (Å²) in [5.41, 5.74) is 7.98. The maximum absolute atomic E-state index is 9.45. The molecule has 8 rings (SSSR count). The minimum atomic E-state index is -0.0933. The molecule has 38 heavy (non-hydrogen) atoms. The number of hydrogen-bond acceptors (Lipinski definition) is 10. The fraction of sp³-hybridized carbons (Fsp3) is 0. The molecular weight excluding hydrogens is 476 g/mol. The predicted molar refractivity (Wildman–Crippen MR) is 133 cm³/mol. The number of rotatable bonds is 0. The van der Waals surface area contributed by atoms with E-state index in [1.54, 1.807) is 12.1 Å². The normalized spacial score (nSPS) is 11.6. The Balaban J connectivity index is 1.42. The first-order valence-corrected chi connectivity index (χ1v) is 11.3. The first kappa shape index (κ1) is 19.9. The molecule has 0 saturated carbocycles. The SMILES string of the molecule is N#Cc1cc2nc3c(nc2cc1C#N)-c1ccc2c4c(ccc-3c14)-c1nc3nc(C#N)c(C#N)nc3nc1-2. The lowest BCUT2D eigenvalue weighted by molar-refractivity contribution is 1.12. The number of hydrogen-bond donors (Lipinski definition) is 0. The molecule has 10 nitrogen and oxygen atoms in total. The van der Waals surface area contributed by atoms with Crippen molar-refractivity contribution in [2.24, 2.45) is 0 Å². The molecule has 0 unspecified atom stereocenters. The quantitative estimate of drug-likeness (QED) is 0.303. The van der Waals surface area contributed by atoms with Crippen molar-refractivity contribution < 1.29 is 0 Å². The van der Waals surface area contributed by atoms with Gasteiger partial charge >= 0.3 is 0 Å². The van der Waals surface area contributed by atoms with Crippen LogP contribution >= 0.6 is 0 Å². The summed E-state index contributed by atoms with van der Waals surface area (Å²) in [4.78, 5) is 27.6. The summed E-state index contributed by atoms with van der Waals surface area (Å²) in [5, 5.41) is 39.5. The smallest absolute Gasteiger partial charge is 0.199 e. The number of fused-ring (bicyclic) bond motifs is 8. The zero-order chi connectivity index (χ0) is 25.7. The van der Waals surface area contributed by atoms with E-state index in [0.29, 0.717) is 33.8 Å². The van der Waals surface area contributed by atoms with Crippen LogP contribution in [0.15, 0.2) is 36.4 Å². The minimum Gasteiger partial charge on any atom is -0.244 e. The van der Waals surface area contributed by atoms with Crippen LogP contribution < -0.4 is 0 Å². The molecule has 0 bridgehead atoms. The van der Waals surface area contributed by atoms with Gasteiger partial charge in [-0.05, 0) is 12.1 Å². The Bertz CT molecular complexity index is 2020. The van der Waals surface area contributed by atoms with Gasteiger partial charge in [-0.1, -0.05) is 24.3 Å². The maximum Gasteiger partial charge on any atom is 0.199 e. The molecule has 2 aliphatic rings. The van der Waals surface area contributed by atoms with E-state index in [1.807, 2.05) is 36.4 Å². The van der Waals surface area contributed by atoms with Gasteiger partial charge in [0.15, 0.2) is 22.7 Å². The van der Waals surface area contributed by atoms with Gasteiger partial charge < -0.3 is 0 Å². The van der Waals surface area contributed by atoms with Crippen LogP contribution in [0, 0.1) is 45.3 Å². The molecule has 0 N–H and O–H groups in total. The molecule has 0 atom stereocenters. The molecule has 168 valence electrons. The van der Waals surface area contributed by atoms with Crippen LogP contribution in [-0.4, -0.2) is 29.9 Å². The summed E-state index contributed by atoms with van der Waals surface area (Å²) in [7, 11) is 0. The standard InChI is InChI=1S/C28H6N10/c29-7-11-5-17-18(6-12(11)8-30)34-24-14-2-4-16-22-15(3-1-13(21(14)22)23(24)33-17)25-26(16)38-28-27(37-25)35-19(9-31)20(10-32)36-28/h1-6H. The van der Waals surface area contributed by atoms with Gasteiger partial charge in [-0.25, -0.2) is 29.9 Å². The molecule has 0 amide bonds. The highest BCUT2D eigenvalue weighted by Gasteiger charge is 2.33. The lowest BCUT2D eigenvalue weighted by atomic mass is 9.99. The zero-order valence-electron chi connectivity index (χ0n) is 18.9. The van der Waals surface area contributed by atoms with E-state index in [2.05, 4.69) is 22.1 Å². The zero-order valence-corrected chi connectivity index (χ0v) is 18.9.